The molecule has 2 aromatic carbocycles. The fraction of sp³-hybridized carbons (Fsp3) is 0.370. The van der Waals surface area contributed by atoms with Gasteiger partial charge in [-0.05, 0) is 66.8 Å². The SMILES string of the molecule is COc1cccc(C(=O)N(CN2C(=O)[C@H]3[C@@H]4C=C[C@@H]([C@H]5C[C@H]45)[C@@H]3C2=O)c2ccccc2C)c1. The number of methoxy groups -OCH3 is 1. The second-order valence-electron chi connectivity index (χ2n) is 9.65. The summed E-state index contributed by atoms with van der Waals surface area (Å²) in [6.07, 6.45) is 5.45. The number of anilines is 1. The smallest absolute Gasteiger partial charge is 0.259 e. The number of imide groups is 1. The molecule has 0 aromatic heterocycles. The van der Waals surface area contributed by atoms with Crippen molar-refractivity contribution in [2.24, 2.45) is 35.5 Å². The Morgan fingerprint density at radius 3 is 2.30 bits per heavy atom. The molecule has 4 aliphatic carbocycles. The number of ether oxygens (including phenoxy) is 1. The topological polar surface area (TPSA) is 66.9 Å². The largest absolute Gasteiger partial charge is 0.497 e. The van der Waals surface area contributed by atoms with E-state index in [1.54, 1.807) is 36.3 Å². The molecule has 0 radical (unpaired) electrons. The van der Waals surface area contributed by atoms with E-state index in [-0.39, 0.29) is 48.1 Å². The van der Waals surface area contributed by atoms with Gasteiger partial charge in [0.2, 0.25) is 11.8 Å². The highest BCUT2D eigenvalue weighted by atomic mass is 16.5. The van der Waals surface area contributed by atoms with E-state index in [0.29, 0.717) is 28.8 Å². The van der Waals surface area contributed by atoms with Gasteiger partial charge in [0, 0.05) is 11.3 Å². The van der Waals surface area contributed by atoms with Gasteiger partial charge in [-0.3, -0.25) is 24.2 Å². The van der Waals surface area contributed by atoms with Gasteiger partial charge in [0.25, 0.3) is 5.91 Å². The van der Waals surface area contributed by atoms with Crippen LogP contribution in [-0.4, -0.2) is 36.4 Å². The van der Waals surface area contributed by atoms with Crippen molar-refractivity contribution in [3.63, 3.8) is 0 Å². The van der Waals surface area contributed by atoms with Crippen molar-refractivity contribution in [3.8, 4) is 5.75 Å². The molecule has 3 fully saturated rings. The average molecular weight is 443 g/mol. The van der Waals surface area contributed by atoms with Crippen LogP contribution in [0.5, 0.6) is 5.75 Å². The number of likely N-dealkylation sites (tertiary alicyclic amines) is 1. The summed E-state index contributed by atoms with van der Waals surface area (Å²) in [5, 5.41) is 0. The number of amides is 3. The van der Waals surface area contributed by atoms with Crippen molar-refractivity contribution in [1.29, 1.82) is 0 Å². The minimum atomic E-state index is -0.276. The van der Waals surface area contributed by atoms with Gasteiger partial charge < -0.3 is 4.74 Å². The van der Waals surface area contributed by atoms with Crippen LogP contribution in [-0.2, 0) is 9.59 Å². The van der Waals surface area contributed by atoms with Crippen LogP contribution in [0, 0.1) is 42.4 Å². The molecule has 168 valence electrons. The van der Waals surface area contributed by atoms with Crippen molar-refractivity contribution >= 4 is 23.4 Å². The third-order valence-electron chi connectivity index (χ3n) is 8.01. The van der Waals surface area contributed by atoms with Crippen molar-refractivity contribution < 1.29 is 19.1 Å². The first-order chi connectivity index (χ1) is 16.0. The molecule has 5 aliphatic rings. The number of rotatable bonds is 5. The van der Waals surface area contributed by atoms with Gasteiger partial charge in [-0.25, -0.2) is 0 Å². The summed E-state index contributed by atoms with van der Waals surface area (Å²) in [5.74, 6) is 0.893. The van der Waals surface area contributed by atoms with Crippen LogP contribution < -0.4 is 9.64 Å². The highest BCUT2D eigenvalue weighted by molar-refractivity contribution is 6.10. The Morgan fingerprint density at radius 2 is 1.67 bits per heavy atom. The van der Waals surface area contributed by atoms with E-state index in [9.17, 15) is 14.4 Å². The number of hydrogen-bond acceptors (Lipinski definition) is 4. The van der Waals surface area contributed by atoms with Gasteiger partial charge in [-0.1, -0.05) is 36.4 Å². The van der Waals surface area contributed by atoms with Crippen LogP contribution in [0.25, 0.3) is 0 Å². The number of allylic oxidation sites excluding steroid dienone is 2. The number of nitrogens with zero attached hydrogens (tertiary/aromatic N) is 2. The van der Waals surface area contributed by atoms with Crippen LogP contribution in [0.1, 0.15) is 22.3 Å². The zero-order chi connectivity index (χ0) is 22.9. The van der Waals surface area contributed by atoms with Gasteiger partial charge in [0.05, 0.1) is 18.9 Å². The van der Waals surface area contributed by atoms with E-state index < -0.39 is 0 Å². The monoisotopic (exact) mass is 442 g/mol. The molecular formula is C27H26N2O4. The third kappa shape index (κ3) is 2.96. The molecule has 3 amide bonds. The van der Waals surface area contributed by atoms with Gasteiger partial charge in [0.1, 0.15) is 12.4 Å². The summed E-state index contributed by atoms with van der Waals surface area (Å²) < 4.78 is 5.29. The van der Waals surface area contributed by atoms with E-state index in [1.807, 2.05) is 31.2 Å². The number of benzene rings is 2. The molecule has 6 nitrogen and oxygen atoms in total. The van der Waals surface area contributed by atoms with E-state index >= 15 is 0 Å². The highest BCUT2D eigenvalue weighted by Crippen LogP contribution is 2.65. The molecule has 2 aromatic rings. The molecular weight excluding hydrogens is 416 g/mol. The van der Waals surface area contributed by atoms with Gasteiger partial charge >= 0.3 is 0 Å². The van der Waals surface area contributed by atoms with Crippen molar-refractivity contribution in [2.45, 2.75) is 13.3 Å². The van der Waals surface area contributed by atoms with Crippen LogP contribution in [0.3, 0.4) is 0 Å². The van der Waals surface area contributed by atoms with E-state index in [4.69, 9.17) is 4.74 Å². The average Bonchev–Trinajstić information content (AvgIpc) is 3.63. The molecule has 1 heterocycles. The lowest BCUT2D eigenvalue weighted by atomic mass is 9.63. The second kappa shape index (κ2) is 7.30. The van der Waals surface area contributed by atoms with E-state index in [2.05, 4.69) is 12.2 Å². The van der Waals surface area contributed by atoms with Gasteiger partial charge in [0.15, 0.2) is 0 Å². The Kier molecular flexibility index (Phi) is 4.47. The summed E-state index contributed by atoms with van der Waals surface area (Å²) in [5.41, 5.74) is 2.02. The van der Waals surface area contributed by atoms with Crippen molar-refractivity contribution in [2.75, 3.05) is 18.7 Å². The van der Waals surface area contributed by atoms with Crippen molar-refractivity contribution in [1.82, 2.24) is 4.90 Å². The van der Waals surface area contributed by atoms with Crippen molar-refractivity contribution in [3.05, 3.63) is 71.8 Å². The number of carbonyl (C=O) groups excluding carboxylic acids is 3. The third-order valence-corrected chi connectivity index (χ3v) is 8.01. The summed E-state index contributed by atoms with van der Waals surface area (Å²) in [6.45, 7) is 1.84. The summed E-state index contributed by atoms with van der Waals surface area (Å²) in [4.78, 5) is 43.6. The fourth-order valence-electron chi connectivity index (χ4n) is 6.33. The Hall–Kier alpha value is -3.41. The molecule has 2 bridgehead atoms. The molecule has 1 saturated heterocycles. The molecule has 7 rings (SSSR count). The van der Waals surface area contributed by atoms with Crippen LogP contribution in [0.4, 0.5) is 5.69 Å². The maximum absolute atomic E-state index is 13.7. The van der Waals surface area contributed by atoms with Crippen LogP contribution in [0.15, 0.2) is 60.7 Å². The zero-order valence-electron chi connectivity index (χ0n) is 18.7. The Balaban J connectivity index is 1.35. The molecule has 6 heteroatoms. The first kappa shape index (κ1) is 20.2. The van der Waals surface area contributed by atoms with E-state index in [0.717, 1.165) is 12.0 Å². The molecule has 6 atom stereocenters. The lowest BCUT2D eigenvalue weighted by molar-refractivity contribution is -0.140. The lowest BCUT2D eigenvalue weighted by Crippen LogP contribution is -2.45. The molecule has 0 N–H and O–H groups in total. The first-order valence-electron chi connectivity index (χ1n) is 11.5. The van der Waals surface area contributed by atoms with E-state index in [1.165, 1.54) is 4.90 Å². The number of para-hydroxylation sites is 1. The van der Waals surface area contributed by atoms with Gasteiger partial charge in [-0.15, -0.1) is 0 Å². The Bertz CT molecular complexity index is 1170. The molecule has 2 saturated carbocycles. The standard InChI is InChI=1S/C27H26N2O4/c1-15-6-3-4-9-22(15)28(25(30)16-7-5-8-17(12-16)33-2)14-29-26(31)23-18-10-11-19(21-13-20(18)21)24(23)27(29)32/h3-12,18-21,23-24H,13-14H2,1-2H3/t18-,19+,20-,21-,23+,24+/m1/s1. The molecule has 1 aliphatic heterocycles. The normalized spacial score (nSPS) is 30.8. The second-order valence-corrected chi connectivity index (χ2v) is 9.65. The Labute approximate surface area is 192 Å². The molecule has 0 spiro atoms. The summed E-state index contributed by atoms with van der Waals surface area (Å²) in [6, 6.07) is 14.5. The predicted molar refractivity (Wildman–Crippen MR) is 122 cm³/mol. The maximum Gasteiger partial charge on any atom is 0.259 e. The minimum absolute atomic E-state index is 0.0830. The van der Waals surface area contributed by atoms with Gasteiger partial charge in [-0.2, -0.15) is 0 Å². The lowest BCUT2D eigenvalue weighted by Gasteiger charge is -2.37. The fourth-order valence-corrected chi connectivity index (χ4v) is 6.33. The Morgan fingerprint density at radius 1 is 1.00 bits per heavy atom. The molecule has 0 unspecified atom stereocenters. The van der Waals surface area contributed by atoms with Crippen LogP contribution in [0.2, 0.25) is 0 Å². The summed E-state index contributed by atoms with van der Waals surface area (Å²) >= 11 is 0. The highest BCUT2D eigenvalue weighted by Gasteiger charge is 2.67. The van der Waals surface area contributed by atoms with Crippen LogP contribution >= 0.6 is 0 Å². The minimum Gasteiger partial charge on any atom is -0.497 e. The number of carbonyl (C=O) groups is 3. The maximum atomic E-state index is 13.7. The molecule has 33 heavy (non-hydrogen) atoms. The number of aryl methyl sites for hydroxylation is 1. The first-order valence-corrected chi connectivity index (χ1v) is 11.5. The quantitative estimate of drug-likeness (QED) is 0.524. The zero-order valence-corrected chi connectivity index (χ0v) is 18.7. The number of hydrogen-bond donors (Lipinski definition) is 0. The summed E-state index contributed by atoms with van der Waals surface area (Å²) in [7, 11) is 1.55. The predicted octanol–water partition coefficient (Wildman–Crippen LogP) is 3.66.